The molecule has 0 unspecified atom stereocenters. The van der Waals surface area contributed by atoms with Crippen molar-refractivity contribution < 1.29 is 13.9 Å². The first kappa shape index (κ1) is 14.0. The van der Waals surface area contributed by atoms with E-state index in [0.29, 0.717) is 23.5 Å². The normalized spacial score (nSPS) is 10.3. The second kappa shape index (κ2) is 5.69. The molecule has 0 aliphatic carbocycles. The van der Waals surface area contributed by atoms with Crippen LogP contribution in [0.3, 0.4) is 0 Å². The van der Waals surface area contributed by atoms with E-state index in [0.717, 1.165) is 11.5 Å². The number of rotatable bonds is 4. The molecule has 0 saturated heterocycles. The van der Waals surface area contributed by atoms with Gasteiger partial charge in [-0.25, -0.2) is 0 Å². The van der Waals surface area contributed by atoms with Crippen molar-refractivity contribution in [2.24, 2.45) is 0 Å². The van der Waals surface area contributed by atoms with Crippen LogP contribution in [-0.2, 0) is 6.54 Å². The van der Waals surface area contributed by atoms with Gasteiger partial charge in [-0.15, -0.1) is 0 Å². The zero-order valence-corrected chi connectivity index (χ0v) is 11.8. The number of nitrogens with two attached hydrogens (primary N) is 1. The molecule has 1 heterocycles. The van der Waals surface area contributed by atoms with Crippen LogP contribution in [0.5, 0.6) is 5.75 Å². The molecule has 0 aliphatic heterocycles. The van der Waals surface area contributed by atoms with Crippen LogP contribution in [0.15, 0.2) is 34.7 Å². The first-order valence-corrected chi connectivity index (χ1v) is 6.25. The van der Waals surface area contributed by atoms with Gasteiger partial charge in [-0.3, -0.25) is 4.79 Å². The topological polar surface area (TPSA) is 68.7 Å². The average Bonchev–Trinajstić information content (AvgIpc) is 2.83. The molecule has 20 heavy (non-hydrogen) atoms. The molecule has 0 spiro atoms. The van der Waals surface area contributed by atoms with Gasteiger partial charge >= 0.3 is 0 Å². The Hall–Kier alpha value is -2.43. The minimum Gasteiger partial charge on any atom is -0.497 e. The minimum absolute atomic E-state index is 0.154. The van der Waals surface area contributed by atoms with Gasteiger partial charge in [0.15, 0.2) is 0 Å². The number of hydrogen-bond donors (Lipinski definition) is 1. The lowest BCUT2D eigenvalue weighted by Gasteiger charge is -2.17. The Kier molecular flexibility index (Phi) is 3.98. The summed E-state index contributed by atoms with van der Waals surface area (Å²) in [5.74, 6) is 2.04. The molecule has 2 rings (SSSR count). The Morgan fingerprint density at radius 1 is 1.35 bits per heavy atom. The molecule has 0 bridgehead atoms. The smallest absolute Gasteiger partial charge is 0.256 e. The fraction of sp³-hybridized carbons (Fsp3) is 0.267. The van der Waals surface area contributed by atoms with E-state index in [2.05, 4.69) is 0 Å². The van der Waals surface area contributed by atoms with Gasteiger partial charge in [-0.2, -0.15) is 0 Å². The summed E-state index contributed by atoms with van der Waals surface area (Å²) in [6, 6.07) is 8.75. The summed E-state index contributed by atoms with van der Waals surface area (Å²) in [6.45, 7) is 2.27. The highest BCUT2D eigenvalue weighted by Gasteiger charge is 2.16. The molecule has 106 valence electrons. The third kappa shape index (κ3) is 2.93. The van der Waals surface area contributed by atoms with E-state index in [9.17, 15) is 4.79 Å². The quantitative estimate of drug-likeness (QED) is 0.869. The summed E-state index contributed by atoms with van der Waals surface area (Å²) in [6.07, 6.45) is 0. The van der Waals surface area contributed by atoms with Crippen LogP contribution >= 0.6 is 0 Å². The lowest BCUT2D eigenvalue weighted by molar-refractivity contribution is 0.0776. The first-order valence-electron chi connectivity index (χ1n) is 6.25. The zero-order valence-electron chi connectivity index (χ0n) is 11.8. The average molecular weight is 274 g/mol. The molecule has 0 radical (unpaired) electrons. The standard InChI is InChI=1S/C15H18N2O3/c1-10-4-5-12(20-10)9-17(2)15(18)13-7-6-11(19-3)8-14(13)16/h4-8H,9,16H2,1-3H3. The van der Waals surface area contributed by atoms with Gasteiger partial charge in [0, 0.05) is 18.8 Å². The van der Waals surface area contributed by atoms with Crippen LogP contribution in [-0.4, -0.2) is 25.0 Å². The molecule has 0 aliphatic rings. The van der Waals surface area contributed by atoms with E-state index in [1.54, 1.807) is 37.3 Å². The number of furan rings is 1. The van der Waals surface area contributed by atoms with Gasteiger partial charge < -0.3 is 19.8 Å². The van der Waals surface area contributed by atoms with Gasteiger partial charge in [0.05, 0.1) is 19.2 Å². The number of carbonyl (C=O) groups excluding carboxylic acids is 1. The summed E-state index contributed by atoms with van der Waals surface area (Å²) in [4.78, 5) is 13.9. The fourth-order valence-electron chi connectivity index (χ4n) is 1.94. The number of carbonyl (C=O) groups is 1. The Balaban J connectivity index is 2.14. The summed E-state index contributed by atoms with van der Waals surface area (Å²) in [7, 11) is 3.27. The highest BCUT2D eigenvalue weighted by atomic mass is 16.5. The summed E-state index contributed by atoms with van der Waals surface area (Å²) >= 11 is 0. The number of ether oxygens (including phenoxy) is 1. The predicted molar refractivity (Wildman–Crippen MR) is 76.6 cm³/mol. The molecule has 1 aromatic heterocycles. The second-order valence-electron chi connectivity index (χ2n) is 4.63. The molecule has 1 amide bonds. The first-order chi connectivity index (χ1) is 9.51. The van der Waals surface area contributed by atoms with Crippen molar-refractivity contribution in [3.8, 4) is 5.75 Å². The summed E-state index contributed by atoms with van der Waals surface area (Å²) in [5.41, 5.74) is 6.74. The van der Waals surface area contributed by atoms with E-state index in [-0.39, 0.29) is 5.91 Å². The van der Waals surface area contributed by atoms with Crippen molar-refractivity contribution in [2.75, 3.05) is 19.9 Å². The molecular formula is C15H18N2O3. The molecule has 1 aromatic carbocycles. The third-order valence-corrected chi connectivity index (χ3v) is 3.02. The minimum atomic E-state index is -0.154. The third-order valence-electron chi connectivity index (χ3n) is 3.02. The van der Waals surface area contributed by atoms with Crippen molar-refractivity contribution in [2.45, 2.75) is 13.5 Å². The Bertz CT molecular complexity index is 619. The van der Waals surface area contributed by atoms with Crippen molar-refractivity contribution >= 4 is 11.6 Å². The van der Waals surface area contributed by atoms with Crippen LogP contribution in [0.2, 0.25) is 0 Å². The van der Waals surface area contributed by atoms with Crippen LogP contribution < -0.4 is 10.5 Å². The second-order valence-corrected chi connectivity index (χ2v) is 4.63. The summed E-state index contributed by atoms with van der Waals surface area (Å²) < 4.78 is 10.5. The molecule has 2 N–H and O–H groups in total. The van der Waals surface area contributed by atoms with Gasteiger partial charge in [-0.1, -0.05) is 0 Å². The maximum Gasteiger partial charge on any atom is 0.256 e. The maximum atomic E-state index is 12.3. The number of aryl methyl sites for hydroxylation is 1. The SMILES string of the molecule is COc1ccc(C(=O)N(C)Cc2ccc(C)o2)c(N)c1. The highest BCUT2D eigenvalue weighted by Crippen LogP contribution is 2.21. The molecule has 0 fully saturated rings. The maximum absolute atomic E-state index is 12.3. The lowest BCUT2D eigenvalue weighted by atomic mass is 10.1. The van der Waals surface area contributed by atoms with E-state index in [1.807, 2.05) is 19.1 Å². The Morgan fingerprint density at radius 3 is 2.65 bits per heavy atom. The van der Waals surface area contributed by atoms with Crippen LogP contribution in [0.4, 0.5) is 5.69 Å². The number of benzene rings is 1. The molecule has 2 aromatic rings. The van der Waals surface area contributed by atoms with E-state index in [1.165, 1.54) is 0 Å². The van der Waals surface area contributed by atoms with Crippen LogP contribution in [0.25, 0.3) is 0 Å². The highest BCUT2D eigenvalue weighted by molar-refractivity contribution is 5.99. The lowest BCUT2D eigenvalue weighted by Crippen LogP contribution is -2.26. The Morgan fingerprint density at radius 2 is 2.10 bits per heavy atom. The number of nitrogen functional groups attached to an aromatic ring is 1. The molecule has 0 atom stereocenters. The van der Waals surface area contributed by atoms with E-state index < -0.39 is 0 Å². The van der Waals surface area contributed by atoms with Gasteiger partial charge in [0.25, 0.3) is 5.91 Å². The zero-order chi connectivity index (χ0) is 14.7. The van der Waals surface area contributed by atoms with Gasteiger partial charge in [0.1, 0.15) is 17.3 Å². The van der Waals surface area contributed by atoms with Crippen molar-refractivity contribution in [1.29, 1.82) is 0 Å². The van der Waals surface area contributed by atoms with Crippen molar-refractivity contribution in [1.82, 2.24) is 4.90 Å². The largest absolute Gasteiger partial charge is 0.497 e. The number of nitrogens with zero attached hydrogens (tertiary/aromatic N) is 1. The number of amides is 1. The Labute approximate surface area is 117 Å². The summed E-state index contributed by atoms with van der Waals surface area (Å²) in [5, 5.41) is 0. The fourth-order valence-corrected chi connectivity index (χ4v) is 1.94. The van der Waals surface area contributed by atoms with E-state index >= 15 is 0 Å². The molecule has 5 nitrogen and oxygen atoms in total. The van der Waals surface area contributed by atoms with Crippen LogP contribution in [0.1, 0.15) is 21.9 Å². The number of anilines is 1. The predicted octanol–water partition coefficient (Wildman–Crippen LogP) is 2.45. The van der Waals surface area contributed by atoms with Gasteiger partial charge in [-0.05, 0) is 31.2 Å². The van der Waals surface area contributed by atoms with Gasteiger partial charge in [0.2, 0.25) is 0 Å². The molecular weight excluding hydrogens is 256 g/mol. The molecule has 0 saturated carbocycles. The number of hydrogen-bond acceptors (Lipinski definition) is 4. The van der Waals surface area contributed by atoms with Crippen molar-refractivity contribution in [3.05, 3.63) is 47.4 Å². The molecule has 5 heteroatoms. The van der Waals surface area contributed by atoms with Crippen molar-refractivity contribution in [3.63, 3.8) is 0 Å². The van der Waals surface area contributed by atoms with E-state index in [4.69, 9.17) is 14.9 Å². The van der Waals surface area contributed by atoms with Crippen LogP contribution in [0, 0.1) is 6.92 Å². The number of methoxy groups -OCH3 is 1. The monoisotopic (exact) mass is 274 g/mol.